The molecular formula is C32H37Cl2N5O7S3. The minimum atomic E-state index is -1.03. The zero-order valence-electron chi connectivity index (χ0n) is 28.1. The summed E-state index contributed by atoms with van der Waals surface area (Å²) in [5, 5.41) is 18.0. The number of esters is 1. The molecule has 1 aliphatic rings. The molecule has 3 rings (SSSR count). The van der Waals surface area contributed by atoms with E-state index in [1.54, 1.807) is 44.2 Å². The molecule has 0 bridgehead atoms. The minimum absolute atomic E-state index is 0.114. The van der Waals surface area contributed by atoms with Crippen LogP contribution in [-0.2, 0) is 19.2 Å². The normalized spacial score (nSPS) is 16.8. The second-order valence-electron chi connectivity index (χ2n) is 10.6. The standard InChI is InChI=1S/C22H19Cl2NO3.C10H18N4O4S3/c1-22(2)17(12-19(23)24)20(22)21(26)28-18(13-25)14-7-6-10-16(11-14)27-15-8-4-3-5-9-15;1-7(19-5)11-17-9(15)13(3)21-14(4)10(16)18-12-8(2)20-6/h3-12,17-18,20H,1-2H3;1-6H3/b;11-7-,12-8-. The number of rotatable bonds is 10. The molecule has 0 heterocycles. The molecule has 12 nitrogen and oxygen atoms in total. The van der Waals surface area contributed by atoms with E-state index < -0.39 is 24.3 Å². The number of ether oxygens (including phenoxy) is 2. The van der Waals surface area contributed by atoms with E-state index in [2.05, 4.69) is 20.0 Å². The van der Waals surface area contributed by atoms with Gasteiger partial charge in [0, 0.05) is 19.7 Å². The number of nitrogens with zero attached hydrogens (tertiary/aromatic N) is 5. The topological polar surface area (TPSA) is 143 Å². The van der Waals surface area contributed by atoms with Crippen LogP contribution in [0, 0.1) is 28.6 Å². The van der Waals surface area contributed by atoms with Crippen LogP contribution in [0.3, 0.4) is 0 Å². The molecule has 0 saturated heterocycles. The summed E-state index contributed by atoms with van der Waals surface area (Å²) in [5.74, 6) is 0.289. The number of carbonyl (C=O) groups is 3. The van der Waals surface area contributed by atoms with Crippen molar-refractivity contribution in [1.82, 2.24) is 8.61 Å². The Balaban J connectivity index is 0.000000357. The van der Waals surface area contributed by atoms with Gasteiger partial charge in [0.15, 0.2) is 0 Å². The Morgan fingerprint density at radius 3 is 1.94 bits per heavy atom. The molecule has 0 radical (unpaired) electrons. The van der Waals surface area contributed by atoms with Gasteiger partial charge in [0.05, 0.1) is 18.1 Å². The Morgan fingerprint density at radius 2 is 1.45 bits per heavy atom. The van der Waals surface area contributed by atoms with Crippen molar-refractivity contribution in [3.8, 4) is 17.6 Å². The second-order valence-corrected chi connectivity index (χ2v) is 14.9. The molecule has 2 aromatic rings. The zero-order valence-corrected chi connectivity index (χ0v) is 32.0. The number of nitriles is 1. The first-order valence-electron chi connectivity index (χ1n) is 14.3. The van der Waals surface area contributed by atoms with Crippen LogP contribution in [0.4, 0.5) is 9.59 Å². The van der Waals surface area contributed by atoms with E-state index >= 15 is 0 Å². The van der Waals surface area contributed by atoms with Gasteiger partial charge in [-0.3, -0.25) is 14.5 Å². The van der Waals surface area contributed by atoms with E-state index in [9.17, 15) is 19.6 Å². The fraction of sp³-hybridized carbons (Fsp3) is 0.375. The molecule has 3 unspecified atom stereocenters. The largest absolute Gasteiger partial charge is 0.457 e. The maximum atomic E-state index is 12.6. The molecule has 1 saturated carbocycles. The monoisotopic (exact) mass is 769 g/mol. The molecule has 0 aromatic heterocycles. The number of halogens is 2. The van der Waals surface area contributed by atoms with Gasteiger partial charge in [-0.25, -0.2) is 18.2 Å². The molecule has 2 amide bonds. The molecule has 264 valence electrons. The third-order valence-corrected chi connectivity index (χ3v) is 9.19. The van der Waals surface area contributed by atoms with Gasteiger partial charge >= 0.3 is 18.2 Å². The van der Waals surface area contributed by atoms with E-state index in [-0.39, 0.29) is 21.7 Å². The van der Waals surface area contributed by atoms with Crippen LogP contribution >= 0.6 is 58.9 Å². The van der Waals surface area contributed by atoms with Crippen molar-refractivity contribution in [1.29, 1.82) is 5.26 Å². The number of para-hydroxylation sites is 1. The smallest absolute Gasteiger partial charge is 0.447 e. The predicted molar refractivity (Wildman–Crippen MR) is 197 cm³/mol. The maximum Gasteiger partial charge on any atom is 0.447 e. The quantitative estimate of drug-likeness (QED) is 0.0570. The van der Waals surface area contributed by atoms with Crippen LogP contribution in [0.15, 0.2) is 75.5 Å². The molecule has 1 aliphatic carbocycles. The molecule has 0 aliphatic heterocycles. The van der Waals surface area contributed by atoms with Crippen molar-refractivity contribution in [2.24, 2.45) is 27.6 Å². The zero-order chi connectivity index (χ0) is 36.7. The number of hydrogen-bond donors (Lipinski definition) is 0. The summed E-state index contributed by atoms with van der Waals surface area (Å²) in [7, 11) is 2.88. The van der Waals surface area contributed by atoms with Gasteiger partial charge in [-0.2, -0.15) is 5.26 Å². The van der Waals surface area contributed by atoms with E-state index in [1.807, 2.05) is 62.8 Å². The van der Waals surface area contributed by atoms with E-state index in [4.69, 9.17) is 32.7 Å². The maximum absolute atomic E-state index is 12.6. The average molecular weight is 771 g/mol. The highest BCUT2D eigenvalue weighted by Gasteiger charge is 2.62. The molecule has 17 heteroatoms. The van der Waals surface area contributed by atoms with Gasteiger partial charge in [0.25, 0.3) is 0 Å². The first-order chi connectivity index (χ1) is 23.1. The fourth-order valence-corrected chi connectivity index (χ4v) is 5.01. The second kappa shape index (κ2) is 20.2. The van der Waals surface area contributed by atoms with Crippen LogP contribution < -0.4 is 4.74 Å². The van der Waals surface area contributed by atoms with Crippen LogP contribution in [-0.4, -0.2) is 63.5 Å². The van der Waals surface area contributed by atoms with Gasteiger partial charge in [-0.05, 0) is 68.0 Å². The van der Waals surface area contributed by atoms with E-state index in [0.717, 1.165) is 20.7 Å². The minimum Gasteiger partial charge on any atom is -0.457 e. The molecule has 49 heavy (non-hydrogen) atoms. The molecule has 0 spiro atoms. The lowest BCUT2D eigenvalue weighted by molar-refractivity contribution is -0.149. The number of allylic oxidation sites excluding steroid dienone is 1. The summed E-state index contributed by atoms with van der Waals surface area (Å²) in [6, 6.07) is 18.3. The van der Waals surface area contributed by atoms with Crippen LogP contribution in [0.1, 0.15) is 39.4 Å². The lowest BCUT2D eigenvalue weighted by Gasteiger charge is -2.19. The van der Waals surface area contributed by atoms with Crippen LogP contribution in [0.5, 0.6) is 11.5 Å². The summed E-state index contributed by atoms with van der Waals surface area (Å²) >= 11 is 15.0. The first-order valence-corrected chi connectivity index (χ1v) is 18.3. The Hall–Kier alpha value is -3.55. The Labute approximate surface area is 309 Å². The highest BCUT2D eigenvalue weighted by molar-refractivity contribution is 8.13. The molecular weight excluding hydrogens is 733 g/mol. The van der Waals surface area contributed by atoms with Crippen LogP contribution in [0.2, 0.25) is 0 Å². The summed E-state index contributed by atoms with van der Waals surface area (Å²) in [5.41, 5.74) is 0.231. The summed E-state index contributed by atoms with van der Waals surface area (Å²) in [4.78, 5) is 45.1. The first kappa shape index (κ1) is 41.6. The predicted octanol–water partition coefficient (Wildman–Crippen LogP) is 9.26. The number of benzene rings is 2. The van der Waals surface area contributed by atoms with Gasteiger partial charge in [0.1, 0.15) is 32.1 Å². The molecule has 2 aromatic carbocycles. The van der Waals surface area contributed by atoms with Gasteiger partial charge in [-0.15, -0.1) is 23.5 Å². The van der Waals surface area contributed by atoms with Crippen molar-refractivity contribution in [2.45, 2.75) is 33.8 Å². The van der Waals surface area contributed by atoms with Gasteiger partial charge in [0.2, 0.25) is 6.10 Å². The van der Waals surface area contributed by atoms with Crippen molar-refractivity contribution >= 4 is 87.1 Å². The highest BCUT2D eigenvalue weighted by Crippen LogP contribution is 2.60. The van der Waals surface area contributed by atoms with Crippen LogP contribution in [0.25, 0.3) is 0 Å². The molecule has 3 atom stereocenters. The lowest BCUT2D eigenvalue weighted by atomic mass is 10.1. The van der Waals surface area contributed by atoms with Crippen molar-refractivity contribution in [3.05, 3.63) is 70.7 Å². The highest BCUT2D eigenvalue weighted by atomic mass is 35.5. The Kier molecular flexibility index (Phi) is 17.2. The number of thioether (sulfide) groups is 2. The van der Waals surface area contributed by atoms with Crippen molar-refractivity contribution in [3.63, 3.8) is 0 Å². The fourth-order valence-electron chi connectivity index (χ4n) is 3.95. The van der Waals surface area contributed by atoms with E-state index in [1.165, 1.54) is 37.6 Å². The van der Waals surface area contributed by atoms with E-state index in [0.29, 0.717) is 27.1 Å². The summed E-state index contributed by atoms with van der Waals surface area (Å²) in [6.07, 6.45) is 2.82. The third kappa shape index (κ3) is 13.7. The number of carbonyl (C=O) groups excluding carboxylic acids is 3. The Morgan fingerprint density at radius 1 is 0.918 bits per heavy atom. The third-order valence-electron chi connectivity index (χ3n) is 6.82. The lowest BCUT2D eigenvalue weighted by Crippen LogP contribution is -2.28. The number of oxime groups is 2. The van der Waals surface area contributed by atoms with Crippen molar-refractivity contribution in [2.75, 3.05) is 26.6 Å². The molecule has 0 N–H and O–H groups in total. The number of amides is 2. The SMILES string of the molecule is CC1(C)C(C=C(Cl)Cl)C1C(=O)OC(C#N)c1cccc(Oc2ccccc2)c1.CS/C(C)=N\OC(=O)N(C)SN(C)C(=O)O/N=C(/C)SC. The van der Waals surface area contributed by atoms with Crippen molar-refractivity contribution < 1.29 is 33.5 Å². The molecule has 1 fully saturated rings. The number of hydrogen-bond acceptors (Lipinski definition) is 13. The summed E-state index contributed by atoms with van der Waals surface area (Å²) in [6.45, 7) is 7.29. The Bertz CT molecular complexity index is 1550. The van der Waals surface area contributed by atoms with Gasteiger partial charge < -0.3 is 9.47 Å². The average Bonchev–Trinajstić information content (AvgIpc) is 3.62. The summed E-state index contributed by atoms with van der Waals surface area (Å²) < 4.78 is 13.6. The van der Waals surface area contributed by atoms with Gasteiger partial charge in [-0.1, -0.05) is 77.7 Å².